The van der Waals surface area contributed by atoms with E-state index in [9.17, 15) is 0 Å². The third-order valence-corrected chi connectivity index (χ3v) is 3.44. The number of nitrogens with zero attached hydrogens (tertiary/aromatic N) is 2. The second-order valence-corrected chi connectivity index (χ2v) is 4.51. The fraction of sp³-hybridized carbons (Fsp3) is 0.692. The van der Waals surface area contributed by atoms with E-state index in [-0.39, 0.29) is 0 Å². The van der Waals surface area contributed by atoms with E-state index in [1.54, 1.807) is 0 Å². The van der Waals surface area contributed by atoms with Crippen LogP contribution < -0.4 is 0 Å². The Labute approximate surface area is 93.9 Å². The molecule has 1 atom stereocenters. The number of aromatic nitrogens is 1. The van der Waals surface area contributed by atoms with Crippen LogP contribution >= 0.6 is 0 Å². The van der Waals surface area contributed by atoms with E-state index in [2.05, 4.69) is 56.3 Å². The Kier molecular flexibility index (Phi) is 4.40. The highest BCUT2D eigenvalue weighted by molar-refractivity contribution is 5.13. The normalized spacial score (nSPS) is 13.5. The van der Waals surface area contributed by atoms with Crippen LogP contribution in [0, 0.1) is 13.8 Å². The molecule has 1 aromatic heterocycles. The summed E-state index contributed by atoms with van der Waals surface area (Å²) in [5.41, 5.74) is 2.73. The van der Waals surface area contributed by atoms with Crippen LogP contribution in [0.2, 0.25) is 0 Å². The molecule has 15 heavy (non-hydrogen) atoms. The summed E-state index contributed by atoms with van der Waals surface area (Å²) < 4.78 is 2.39. The summed E-state index contributed by atoms with van der Waals surface area (Å²) in [5, 5.41) is 0. The molecule has 0 fully saturated rings. The minimum Gasteiger partial charge on any atom is -0.348 e. The van der Waals surface area contributed by atoms with Crippen molar-refractivity contribution in [2.75, 3.05) is 13.6 Å². The molecule has 1 rings (SSSR count). The molecule has 0 aliphatic rings. The Hall–Kier alpha value is -0.760. The van der Waals surface area contributed by atoms with E-state index < -0.39 is 0 Å². The lowest BCUT2D eigenvalue weighted by Gasteiger charge is -2.24. The Morgan fingerprint density at radius 2 is 1.80 bits per heavy atom. The van der Waals surface area contributed by atoms with Crippen LogP contribution in [0.5, 0.6) is 0 Å². The molecular formula is C13H24N2. The van der Waals surface area contributed by atoms with Gasteiger partial charge in [-0.25, -0.2) is 0 Å². The summed E-state index contributed by atoms with van der Waals surface area (Å²) in [7, 11) is 2.21. The van der Waals surface area contributed by atoms with E-state index in [0.717, 1.165) is 13.1 Å². The van der Waals surface area contributed by atoms with Gasteiger partial charge in [-0.15, -0.1) is 0 Å². The van der Waals surface area contributed by atoms with Gasteiger partial charge in [-0.1, -0.05) is 6.92 Å². The summed E-state index contributed by atoms with van der Waals surface area (Å²) in [4.78, 5) is 2.43. The zero-order chi connectivity index (χ0) is 11.4. The molecule has 0 saturated carbocycles. The number of hydrogen-bond donors (Lipinski definition) is 0. The van der Waals surface area contributed by atoms with Crippen molar-refractivity contribution in [3.8, 4) is 0 Å². The van der Waals surface area contributed by atoms with E-state index in [0.29, 0.717) is 6.04 Å². The highest BCUT2D eigenvalue weighted by Gasteiger charge is 2.07. The molecule has 0 N–H and O–H groups in total. The third-order valence-electron chi connectivity index (χ3n) is 3.44. The fourth-order valence-corrected chi connectivity index (χ4v) is 1.84. The van der Waals surface area contributed by atoms with Crippen molar-refractivity contribution in [1.29, 1.82) is 0 Å². The largest absolute Gasteiger partial charge is 0.348 e. The van der Waals surface area contributed by atoms with Gasteiger partial charge in [-0.05, 0) is 46.4 Å². The second-order valence-electron chi connectivity index (χ2n) is 4.51. The molecular weight excluding hydrogens is 184 g/mol. The van der Waals surface area contributed by atoms with Crippen molar-refractivity contribution in [2.45, 2.75) is 46.7 Å². The first kappa shape index (κ1) is 12.3. The first-order valence-corrected chi connectivity index (χ1v) is 5.89. The van der Waals surface area contributed by atoms with Crippen molar-refractivity contribution in [3.63, 3.8) is 0 Å². The van der Waals surface area contributed by atoms with Crippen LogP contribution in [0.3, 0.4) is 0 Å². The summed E-state index contributed by atoms with van der Waals surface area (Å²) in [6.45, 7) is 11.1. The van der Waals surface area contributed by atoms with Crippen molar-refractivity contribution in [3.05, 3.63) is 23.5 Å². The van der Waals surface area contributed by atoms with Crippen LogP contribution in [0.1, 0.15) is 31.7 Å². The maximum atomic E-state index is 2.43. The van der Waals surface area contributed by atoms with Crippen molar-refractivity contribution < 1.29 is 0 Å². The molecule has 0 aromatic carbocycles. The van der Waals surface area contributed by atoms with Crippen LogP contribution in [0.4, 0.5) is 0 Å². The van der Waals surface area contributed by atoms with E-state index in [4.69, 9.17) is 0 Å². The lowest BCUT2D eigenvalue weighted by Crippen LogP contribution is -2.31. The molecule has 0 bridgehead atoms. The van der Waals surface area contributed by atoms with Gasteiger partial charge >= 0.3 is 0 Å². The summed E-state index contributed by atoms with van der Waals surface area (Å²) in [5.74, 6) is 0. The monoisotopic (exact) mass is 208 g/mol. The SMILES string of the molecule is CCC(C)N(C)CCn1c(C)ccc1C. The Bertz CT molecular complexity index is 282. The van der Waals surface area contributed by atoms with E-state index in [1.807, 2.05) is 0 Å². The van der Waals surface area contributed by atoms with Gasteiger partial charge in [-0.2, -0.15) is 0 Å². The first-order chi connectivity index (χ1) is 7.06. The summed E-state index contributed by atoms with van der Waals surface area (Å²) in [6, 6.07) is 5.07. The number of aryl methyl sites for hydroxylation is 2. The van der Waals surface area contributed by atoms with Gasteiger partial charge in [0.05, 0.1) is 0 Å². The highest BCUT2D eigenvalue weighted by Crippen LogP contribution is 2.08. The lowest BCUT2D eigenvalue weighted by atomic mass is 10.2. The zero-order valence-corrected chi connectivity index (χ0v) is 10.7. The molecule has 0 amide bonds. The lowest BCUT2D eigenvalue weighted by molar-refractivity contribution is 0.241. The molecule has 1 heterocycles. The first-order valence-electron chi connectivity index (χ1n) is 5.89. The molecule has 0 saturated heterocycles. The van der Waals surface area contributed by atoms with E-state index >= 15 is 0 Å². The predicted octanol–water partition coefficient (Wildman–Crippen LogP) is 2.84. The number of rotatable bonds is 5. The van der Waals surface area contributed by atoms with Crippen molar-refractivity contribution in [1.82, 2.24) is 9.47 Å². The molecule has 2 nitrogen and oxygen atoms in total. The smallest absolute Gasteiger partial charge is 0.0352 e. The molecule has 86 valence electrons. The molecule has 0 aliphatic heterocycles. The van der Waals surface area contributed by atoms with E-state index in [1.165, 1.54) is 17.8 Å². The summed E-state index contributed by atoms with van der Waals surface area (Å²) >= 11 is 0. The predicted molar refractivity (Wildman–Crippen MR) is 66.3 cm³/mol. The van der Waals surface area contributed by atoms with Gasteiger partial charge in [0.2, 0.25) is 0 Å². The van der Waals surface area contributed by atoms with Crippen LogP contribution in [0.25, 0.3) is 0 Å². The zero-order valence-electron chi connectivity index (χ0n) is 10.7. The van der Waals surface area contributed by atoms with Crippen LogP contribution in [0.15, 0.2) is 12.1 Å². The van der Waals surface area contributed by atoms with Gasteiger partial charge < -0.3 is 9.47 Å². The molecule has 0 radical (unpaired) electrons. The van der Waals surface area contributed by atoms with Gasteiger partial charge in [0.25, 0.3) is 0 Å². The van der Waals surface area contributed by atoms with Crippen LogP contribution in [-0.4, -0.2) is 29.1 Å². The minimum atomic E-state index is 0.682. The highest BCUT2D eigenvalue weighted by atomic mass is 15.1. The maximum Gasteiger partial charge on any atom is 0.0352 e. The topological polar surface area (TPSA) is 8.17 Å². The quantitative estimate of drug-likeness (QED) is 0.722. The van der Waals surface area contributed by atoms with Gasteiger partial charge in [0.15, 0.2) is 0 Å². The molecule has 2 heteroatoms. The molecule has 1 aromatic rings. The Morgan fingerprint density at radius 3 is 2.27 bits per heavy atom. The van der Waals surface area contributed by atoms with Crippen LogP contribution in [-0.2, 0) is 6.54 Å². The molecule has 1 unspecified atom stereocenters. The summed E-state index contributed by atoms with van der Waals surface area (Å²) in [6.07, 6.45) is 1.22. The Morgan fingerprint density at radius 1 is 1.27 bits per heavy atom. The van der Waals surface area contributed by atoms with Crippen molar-refractivity contribution >= 4 is 0 Å². The van der Waals surface area contributed by atoms with Crippen molar-refractivity contribution in [2.24, 2.45) is 0 Å². The second kappa shape index (κ2) is 5.36. The Balaban J connectivity index is 2.50. The standard InChI is InChI=1S/C13H24N2/c1-6-11(2)14(5)9-10-15-12(3)7-8-13(15)4/h7-8,11H,6,9-10H2,1-5H3. The fourth-order valence-electron chi connectivity index (χ4n) is 1.84. The van der Waals surface area contributed by atoms with Gasteiger partial charge in [0, 0.05) is 30.5 Å². The number of hydrogen-bond acceptors (Lipinski definition) is 1. The third kappa shape index (κ3) is 3.10. The van der Waals surface area contributed by atoms with Gasteiger partial charge in [-0.3, -0.25) is 0 Å². The molecule has 0 spiro atoms. The average molecular weight is 208 g/mol. The molecule has 0 aliphatic carbocycles. The number of likely N-dealkylation sites (N-methyl/N-ethyl adjacent to an activating group) is 1. The maximum absolute atomic E-state index is 2.43. The minimum absolute atomic E-state index is 0.682. The average Bonchev–Trinajstić information content (AvgIpc) is 2.54. The van der Waals surface area contributed by atoms with Gasteiger partial charge in [0.1, 0.15) is 0 Å².